The Hall–Kier alpha value is -2.97. The summed E-state index contributed by atoms with van der Waals surface area (Å²) >= 11 is 0. The summed E-state index contributed by atoms with van der Waals surface area (Å²) in [6.07, 6.45) is 1.49. The van der Waals surface area contributed by atoms with Crippen molar-refractivity contribution < 1.29 is 14.3 Å². The predicted molar refractivity (Wildman–Crippen MR) is 62.9 cm³/mol. The summed E-state index contributed by atoms with van der Waals surface area (Å²) in [6.45, 7) is -0.357. The molecule has 0 bridgehead atoms. The molecule has 9 heteroatoms. The number of aliphatic carboxylic acids is 1. The Morgan fingerprint density at radius 3 is 3.00 bits per heavy atom. The molecule has 0 aliphatic heterocycles. The molecule has 0 aliphatic rings. The summed E-state index contributed by atoms with van der Waals surface area (Å²) in [7, 11) is 0. The monoisotopic (exact) mass is 260 g/mol. The van der Waals surface area contributed by atoms with Gasteiger partial charge in [0.1, 0.15) is 12.2 Å². The number of nitrogens with zero attached hydrogens (tertiary/aromatic N) is 5. The van der Waals surface area contributed by atoms with Crippen LogP contribution in [-0.4, -0.2) is 36.0 Å². The van der Waals surface area contributed by atoms with E-state index in [4.69, 9.17) is 15.3 Å². The lowest BCUT2D eigenvalue weighted by molar-refractivity contribution is -0.137. The lowest BCUT2D eigenvalue weighted by Gasteiger charge is -2.00. The number of fused-ring (bicyclic) bond motifs is 1. The fraction of sp³-hybridized carbons (Fsp3) is 0.100. The first kappa shape index (κ1) is 11.1. The molecule has 0 fully saturated rings. The van der Waals surface area contributed by atoms with E-state index in [9.17, 15) is 4.79 Å². The van der Waals surface area contributed by atoms with Crippen molar-refractivity contribution in [2.45, 2.75) is 6.54 Å². The predicted octanol–water partition coefficient (Wildman–Crippen LogP) is 0.148. The minimum absolute atomic E-state index is 0.00663. The Kier molecular flexibility index (Phi) is 2.37. The van der Waals surface area contributed by atoms with Crippen molar-refractivity contribution in [1.29, 1.82) is 0 Å². The number of hydrogen-bond acceptors (Lipinski definition) is 7. The van der Waals surface area contributed by atoms with Gasteiger partial charge in [-0.05, 0) is 12.1 Å². The number of nitrogens with two attached hydrogens (primary N) is 1. The van der Waals surface area contributed by atoms with Crippen LogP contribution < -0.4 is 5.73 Å². The molecule has 0 aromatic carbocycles. The van der Waals surface area contributed by atoms with Crippen molar-refractivity contribution in [3.8, 4) is 11.5 Å². The number of carboxylic acid groups (broad SMARTS) is 1. The molecule has 0 aliphatic carbocycles. The number of carboxylic acids is 1. The fourth-order valence-electron chi connectivity index (χ4n) is 1.69. The highest BCUT2D eigenvalue weighted by Crippen LogP contribution is 2.25. The minimum atomic E-state index is -1.05. The highest BCUT2D eigenvalue weighted by Gasteiger charge is 2.17. The van der Waals surface area contributed by atoms with E-state index in [1.165, 1.54) is 6.26 Å². The lowest BCUT2D eigenvalue weighted by Crippen LogP contribution is -2.11. The molecular weight excluding hydrogens is 252 g/mol. The SMILES string of the molecule is Nc1nc(-c2ccco2)c2nnn(CC(=O)O)c2n1. The summed E-state index contributed by atoms with van der Waals surface area (Å²) < 4.78 is 6.37. The fourth-order valence-corrected chi connectivity index (χ4v) is 1.69. The zero-order valence-electron chi connectivity index (χ0n) is 9.52. The third-order valence-corrected chi connectivity index (χ3v) is 2.42. The zero-order chi connectivity index (χ0) is 13.4. The van der Waals surface area contributed by atoms with Gasteiger partial charge >= 0.3 is 5.97 Å². The molecular formula is C10H8N6O3. The van der Waals surface area contributed by atoms with Crippen molar-refractivity contribution in [3.63, 3.8) is 0 Å². The normalized spacial score (nSPS) is 10.9. The van der Waals surface area contributed by atoms with Gasteiger partial charge < -0.3 is 15.3 Å². The number of nitrogen functional groups attached to an aromatic ring is 1. The van der Waals surface area contributed by atoms with Crippen LogP contribution in [0.25, 0.3) is 22.6 Å². The van der Waals surface area contributed by atoms with E-state index in [1.807, 2.05) is 0 Å². The largest absolute Gasteiger partial charge is 0.480 e. The molecule has 3 aromatic heterocycles. The van der Waals surface area contributed by atoms with Crippen LogP contribution in [0.1, 0.15) is 0 Å². The molecule has 0 saturated heterocycles. The standard InChI is InChI=1S/C10H8N6O3/c11-10-12-7(5-2-1-3-19-5)8-9(13-10)16(15-14-8)4-6(17)18/h1-3H,4H2,(H,17,18)(H2,11,12,13). The highest BCUT2D eigenvalue weighted by molar-refractivity contribution is 5.86. The van der Waals surface area contributed by atoms with Crippen molar-refractivity contribution in [1.82, 2.24) is 25.0 Å². The molecule has 0 atom stereocenters. The average molecular weight is 260 g/mol. The maximum atomic E-state index is 10.7. The molecule has 19 heavy (non-hydrogen) atoms. The van der Waals surface area contributed by atoms with Gasteiger partial charge in [-0.1, -0.05) is 5.21 Å². The van der Waals surface area contributed by atoms with E-state index < -0.39 is 5.97 Å². The molecule has 0 radical (unpaired) electrons. The van der Waals surface area contributed by atoms with Crippen molar-refractivity contribution in [2.24, 2.45) is 0 Å². The van der Waals surface area contributed by atoms with Gasteiger partial charge in [-0.25, -0.2) is 9.67 Å². The molecule has 0 amide bonds. The first-order valence-electron chi connectivity index (χ1n) is 5.27. The van der Waals surface area contributed by atoms with Crippen LogP contribution in [0, 0.1) is 0 Å². The molecule has 3 heterocycles. The number of furan rings is 1. The second-order valence-electron chi connectivity index (χ2n) is 3.72. The van der Waals surface area contributed by atoms with E-state index >= 15 is 0 Å². The van der Waals surface area contributed by atoms with Crippen LogP contribution in [0.2, 0.25) is 0 Å². The first-order chi connectivity index (χ1) is 9.15. The van der Waals surface area contributed by atoms with Crippen LogP contribution in [0.5, 0.6) is 0 Å². The second-order valence-corrected chi connectivity index (χ2v) is 3.72. The third-order valence-electron chi connectivity index (χ3n) is 2.42. The molecule has 3 N–H and O–H groups in total. The lowest BCUT2D eigenvalue weighted by atomic mass is 10.3. The molecule has 96 valence electrons. The Labute approximate surface area is 105 Å². The van der Waals surface area contributed by atoms with E-state index in [-0.39, 0.29) is 18.1 Å². The Balaban J connectivity index is 2.24. The van der Waals surface area contributed by atoms with Gasteiger partial charge in [0.15, 0.2) is 16.9 Å². The summed E-state index contributed by atoms with van der Waals surface area (Å²) in [4.78, 5) is 18.7. The molecule has 0 saturated carbocycles. The van der Waals surface area contributed by atoms with Gasteiger partial charge in [-0.15, -0.1) is 5.10 Å². The smallest absolute Gasteiger partial charge is 0.325 e. The molecule has 0 unspecified atom stereocenters. The summed E-state index contributed by atoms with van der Waals surface area (Å²) in [5.41, 5.74) is 6.58. The van der Waals surface area contributed by atoms with Gasteiger partial charge in [0.05, 0.1) is 6.26 Å². The first-order valence-corrected chi connectivity index (χ1v) is 5.27. The van der Waals surface area contributed by atoms with Crippen molar-refractivity contribution in [2.75, 3.05) is 5.73 Å². The van der Waals surface area contributed by atoms with Crippen LogP contribution in [0.3, 0.4) is 0 Å². The van der Waals surface area contributed by atoms with Crippen molar-refractivity contribution >= 4 is 23.1 Å². The molecule has 9 nitrogen and oxygen atoms in total. The van der Waals surface area contributed by atoms with Gasteiger partial charge in [0, 0.05) is 0 Å². The van der Waals surface area contributed by atoms with Crippen LogP contribution in [-0.2, 0) is 11.3 Å². The van der Waals surface area contributed by atoms with E-state index in [2.05, 4.69) is 20.3 Å². The second kappa shape index (κ2) is 4.05. The molecule has 3 aromatic rings. The Morgan fingerprint density at radius 1 is 1.47 bits per heavy atom. The van der Waals surface area contributed by atoms with Crippen LogP contribution in [0.4, 0.5) is 5.95 Å². The number of hydrogen-bond donors (Lipinski definition) is 2. The average Bonchev–Trinajstić information content (AvgIpc) is 2.98. The maximum absolute atomic E-state index is 10.7. The van der Waals surface area contributed by atoms with E-state index in [0.717, 1.165) is 4.68 Å². The zero-order valence-corrected chi connectivity index (χ0v) is 9.52. The number of rotatable bonds is 3. The number of aromatic nitrogens is 5. The van der Waals surface area contributed by atoms with Crippen LogP contribution >= 0.6 is 0 Å². The molecule has 3 rings (SSSR count). The van der Waals surface area contributed by atoms with E-state index in [0.29, 0.717) is 17.0 Å². The maximum Gasteiger partial charge on any atom is 0.325 e. The molecule has 0 spiro atoms. The van der Waals surface area contributed by atoms with E-state index in [1.54, 1.807) is 12.1 Å². The Bertz CT molecular complexity index is 748. The quantitative estimate of drug-likeness (QED) is 0.679. The summed E-state index contributed by atoms with van der Waals surface area (Å²) in [5.74, 6) is -0.599. The van der Waals surface area contributed by atoms with Gasteiger partial charge in [0.2, 0.25) is 5.95 Å². The van der Waals surface area contributed by atoms with Crippen LogP contribution in [0.15, 0.2) is 22.8 Å². The summed E-state index contributed by atoms with van der Waals surface area (Å²) in [6, 6.07) is 3.39. The minimum Gasteiger partial charge on any atom is -0.480 e. The van der Waals surface area contributed by atoms with Crippen molar-refractivity contribution in [3.05, 3.63) is 18.4 Å². The summed E-state index contributed by atoms with van der Waals surface area (Å²) in [5, 5.41) is 16.4. The van der Waals surface area contributed by atoms with Gasteiger partial charge in [-0.3, -0.25) is 4.79 Å². The number of carbonyl (C=O) groups is 1. The Morgan fingerprint density at radius 2 is 2.32 bits per heavy atom. The van der Waals surface area contributed by atoms with Gasteiger partial charge in [0.25, 0.3) is 0 Å². The third kappa shape index (κ3) is 1.86. The highest BCUT2D eigenvalue weighted by atomic mass is 16.4. The number of anilines is 1. The van der Waals surface area contributed by atoms with Gasteiger partial charge in [-0.2, -0.15) is 4.98 Å². The topological polar surface area (TPSA) is 133 Å².